The van der Waals surface area contributed by atoms with Crippen molar-refractivity contribution in [1.82, 2.24) is 15.1 Å². The van der Waals surface area contributed by atoms with Crippen LogP contribution in [-0.2, 0) is 6.61 Å². The van der Waals surface area contributed by atoms with Gasteiger partial charge in [0.2, 0.25) is 0 Å². The zero-order chi connectivity index (χ0) is 18.5. The lowest BCUT2D eigenvalue weighted by Crippen LogP contribution is -2.35. The highest BCUT2D eigenvalue weighted by Crippen LogP contribution is 2.29. The fourth-order valence-electron chi connectivity index (χ4n) is 3.41. The summed E-state index contributed by atoms with van der Waals surface area (Å²) in [4.78, 5) is 14.5. The Kier molecular flexibility index (Phi) is 5.19. The Morgan fingerprint density at radius 1 is 1.04 bits per heavy atom. The van der Waals surface area contributed by atoms with Gasteiger partial charge in [0.25, 0.3) is 5.91 Å². The van der Waals surface area contributed by atoms with E-state index in [2.05, 4.69) is 10.2 Å². The second-order valence-corrected chi connectivity index (χ2v) is 6.82. The first kappa shape index (κ1) is 17.3. The highest BCUT2D eigenvalue weighted by Gasteiger charge is 2.17. The number of piperidine rings is 1. The average molecular weight is 361 g/mol. The normalized spacial score (nSPS) is 14.1. The standard InChI is InChI=1S/C22H23N3O2/c26-22(25-12-4-1-5-13-25)18-10-8-17(9-11-18)16-27-21-7-3-2-6-20(21)19-14-23-24-15-19/h2-3,6-11,14-15H,1,4-5,12-13,16H2,(H,23,24). The van der Waals surface area contributed by atoms with E-state index in [1.807, 2.05) is 59.6 Å². The lowest BCUT2D eigenvalue weighted by molar-refractivity contribution is 0.0724. The zero-order valence-electron chi connectivity index (χ0n) is 15.2. The van der Waals surface area contributed by atoms with E-state index in [1.165, 1.54) is 6.42 Å². The number of aromatic amines is 1. The molecule has 2 aromatic carbocycles. The summed E-state index contributed by atoms with van der Waals surface area (Å²) in [6.45, 7) is 2.19. The van der Waals surface area contributed by atoms with Crippen molar-refractivity contribution in [1.29, 1.82) is 0 Å². The van der Waals surface area contributed by atoms with Crippen molar-refractivity contribution in [3.05, 3.63) is 72.1 Å². The summed E-state index contributed by atoms with van der Waals surface area (Å²) in [5.74, 6) is 0.944. The molecule has 0 saturated carbocycles. The van der Waals surface area contributed by atoms with E-state index in [-0.39, 0.29) is 5.91 Å². The molecule has 1 aromatic heterocycles. The van der Waals surface area contributed by atoms with E-state index in [1.54, 1.807) is 6.20 Å². The van der Waals surface area contributed by atoms with Crippen LogP contribution in [0.3, 0.4) is 0 Å². The van der Waals surface area contributed by atoms with Gasteiger partial charge in [-0.3, -0.25) is 9.89 Å². The summed E-state index contributed by atoms with van der Waals surface area (Å²) >= 11 is 0. The summed E-state index contributed by atoms with van der Waals surface area (Å²) in [5.41, 5.74) is 3.78. The number of aromatic nitrogens is 2. The SMILES string of the molecule is O=C(c1ccc(COc2ccccc2-c2cn[nH]c2)cc1)N1CCCCC1. The van der Waals surface area contributed by atoms with Crippen molar-refractivity contribution in [2.75, 3.05) is 13.1 Å². The molecule has 1 N–H and O–H groups in total. The number of H-pyrrole nitrogens is 1. The lowest BCUT2D eigenvalue weighted by atomic mass is 10.1. The summed E-state index contributed by atoms with van der Waals surface area (Å²) in [6.07, 6.45) is 7.06. The predicted molar refractivity (Wildman–Crippen MR) is 105 cm³/mol. The van der Waals surface area contributed by atoms with Gasteiger partial charge >= 0.3 is 0 Å². The Hall–Kier alpha value is -3.08. The van der Waals surface area contributed by atoms with Gasteiger partial charge in [0, 0.05) is 36.0 Å². The fourth-order valence-corrected chi connectivity index (χ4v) is 3.41. The monoisotopic (exact) mass is 361 g/mol. The van der Waals surface area contributed by atoms with Gasteiger partial charge in [-0.25, -0.2) is 0 Å². The zero-order valence-corrected chi connectivity index (χ0v) is 15.2. The van der Waals surface area contributed by atoms with E-state index in [0.29, 0.717) is 6.61 Å². The van der Waals surface area contributed by atoms with E-state index >= 15 is 0 Å². The van der Waals surface area contributed by atoms with E-state index in [9.17, 15) is 4.79 Å². The van der Waals surface area contributed by atoms with Gasteiger partial charge in [-0.05, 0) is 43.0 Å². The van der Waals surface area contributed by atoms with Crippen LogP contribution in [-0.4, -0.2) is 34.1 Å². The number of nitrogens with one attached hydrogen (secondary N) is 1. The molecule has 27 heavy (non-hydrogen) atoms. The third-order valence-corrected chi connectivity index (χ3v) is 4.93. The first-order valence-corrected chi connectivity index (χ1v) is 9.40. The van der Waals surface area contributed by atoms with Crippen LogP contribution >= 0.6 is 0 Å². The minimum absolute atomic E-state index is 0.132. The second-order valence-electron chi connectivity index (χ2n) is 6.82. The van der Waals surface area contributed by atoms with Crippen molar-refractivity contribution < 1.29 is 9.53 Å². The van der Waals surface area contributed by atoms with Gasteiger partial charge < -0.3 is 9.64 Å². The van der Waals surface area contributed by atoms with Gasteiger partial charge in [0.15, 0.2) is 0 Å². The molecule has 1 amide bonds. The van der Waals surface area contributed by atoms with E-state index in [4.69, 9.17) is 4.74 Å². The molecule has 0 bridgehead atoms. The Morgan fingerprint density at radius 3 is 2.56 bits per heavy atom. The van der Waals surface area contributed by atoms with Crippen LogP contribution in [0.5, 0.6) is 5.75 Å². The molecule has 3 aromatic rings. The molecular formula is C22H23N3O2. The quantitative estimate of drug-likeness (QED) is 0.738. The molecular weight excluding hydrogens is 338 g/mol. The molecule has 0 unspecified atom stereocenters. The number of rotatable bonds is 5. The number of ether oxygens (including phenoxy) is 1. The maximum Gasteiger partial charge on any atom is 0.253 e. The van der Waals surface area contributed by atoms with Gasteiger partial charge in [0.05, 0.1) is 6.20 Å². The number of carbonyl (C=O) groups excluding carboxylic acids is 1. The van der Waals surface area contributed by atoms with Gasteiger partial charge in [-0.2, -0.15) is 5.10 Å². The van der Waals surface area contributed by atoms with Gasteiger partial charge in [-0.15, -0.1) is 0 Å². The van der Waals surface area contributed by atoms with Gasteiger partial charge in [0.1, 0.15) is 12.4 Å². The van der Waals surface area contributed by atoms with Crippen molar-refractivity contribution >= 4 is 5.91 Å². The predicted octanol–water partition coefficient (Wildman–Crippen LogP) is 4.28. The molecule has 1 saturated heterocycles. The number of hydrogen-bond donors (Lipinski definition) is 1. The van der Waals surface area contributed by atoms with Crippen LogP contribution < -0.4 is 4.74 Å². The van der Waals surface area contributed by atoms with Crippen LogP contribution in [0.15, 0.2) is 60.9 Å². The third-order valence-electron chi connectivity index (χ3n) is 4.93. The van der Waals surface area contributed by atoms with Crippen LogP contribution in [0.2, 0.25) is 0 Å². The smallest absolute Gasteiger partial charge is 0.253 e. The Balaban J connectivity index is 1.42. The molecule has 0 spiro atoms. The molecule has 138 valence electrons. The summed E-state index contributed by atoms with van der Waals surface area (Å²) in [5, 5.41) is 6.84. The lowest BCUT2D eigenvalue weighted by Gasteiger charge is -2.26. The number of hydrogen-bond acceptors (Lipinski definition) is 3. The molecule has 0 radical (unpaired) electrons. The van der Waals surface area contributed by atoms with Crippen molar-refractivity contribution in [2.45, 2.75) is 25.9 Å². The Labute approximate surface area is 159 Å². The Bertz CT molecular complexity index is 882. The van der Waals surface area contributed by atoms with Crippen molar-refractivity contribution in [2.24, 2.45) is 0 Å². The fraction of sp³-hybridized carbons (Fsp3) is 0.273. The highest BCUT2D eigenvalue weighted by atomic mass is 16.5. The molecule has 5 heteroatoms. The first-order valence-electron chi connectivity index (χ1n) is 9.40. The van der Waals surface area contributed by atoms with Crippen LogP contribution in [0, 0.1) is 0 Å². The highest BCUT2D eigenvalue weighted by molar-refractivity contribution is 5.94. The van der Waals surface area contributed by atoms with Crippen LogP contribution in [0.4, 0.5) is 0 Å². The van der Waals surface area contributed by atoms with Crippen LogP contribution in [0.1, 0.15) is 35.2 Å². The largest absolute Gasteiger partial charge is 0.488 e. The summed E-state index contributed by atoms with van der Waals surface area (Å²) < 4.78 is 6.03. The second kappa shape index (κ2) is 8.08. The number of nitrogens with zero attached hydrogens (tertiary/aromatic N) is 2. The number of amides is 1. The average Bonchev–Trinajstić information content (AvgIpc) is 3.28. The van der Waals surface area contributed by atoms with Crippen LogP contribution in [0.25, 0.3) is 11.1 Å². The molecule has 0 atom stereocenters. The third kappa shape index (κ3) is 4.03. The molecule has 1 aliphatic rings. The molecule has 4 rings (SSSR count). The minimum Gasteiger partial charge on any atom is -0.488 e. The van der Waals surface area contributed by atoms with Crippen molar-refractivity contribution in [3.63, 3.8) is 0 Å². The molecule has 1 aliphatic heterocycles. The van der Waals surface area contributed by atoms with E-state index < -0.39 is 0 Å². The van der Waals surface area contributed by atoms with Gasteiger partial charge in [-0.1, -0.05) is 30.3 Å². The number of carbonyl (C=O) groups is 1. The van der Waals surface area contributed by atoms with Crippen molar-refractivity contribution in [3.8, 4) is 16.9 Å². The number of likely N-dealkylation sites (tertiary alicyclic amines) is 1. The minimum atomic E-state index is 0.132. The Morgan fingerprint density at radius 2 is 1.81 bits per heavy atom. The number of para-hydroxylation sites is 1. The van der Waals surface area contributed by atoms with E-state index in [0.717, 1.165) is 53.9 Å². The number of benzene rings is 2. The molecule has 2 heterocycles. The molecule has 5 nitrogen and oxygen atoms in total. The molecule has 0 aliphatic carbocycles. The summed E-state index contributed by atoms with van der Waals surface area (Å²) in [7, 11) is 0. The topological polar surface area (TPSA) is 58.2 Å². The maximum atomic E-state index is 12.6. The first-order chi connectivity index (χ1) is 13.3. The summed E-state index contributed by atoms with van der Waals surface area (Å²) in [6, 6.07) is 15.6. The maximum absolute atomic E-state index is 12.6. The molecule has 1 fully saturated rings.